The average molecular weight is 369 g/mol. The fraction of sp³-hybridized carbons (Fsp3) is 0.542. The van der Waals surface area contributed by atoms with Gasteiger partial charge in [-0.05, 0) is 49.7 Å². The Balaban J connectivity index is 1.84. The molecule has 1 N–H and O–H groups in total. The monoisotopic (exact) mass is 368 g/mol. The Bertz CT molecular complexity index is 718. The Morgan fingerprint density at radius 3 is 2.67 bits per heavy atom. The number of rotatable bonds is 4. The van der Waals surface area contributed by atoms with Gasteiger partial charge in [-0.25, -0.2) is 4.79 Å². The number of benzene rings is 1. The van der Waals surface area contributed by atoms with Crippen molar-refractivity contribution in [2.24, 2.45) is 23.2 Å². The minimum Gasteiger partial charge on any atom is -0.458 e. The Morgan fingerprint density at radius 2 is 2.00 bits per heavy atom. The van der Waals surface area contributed by atoms with Crippen molar-refractivity contribution in [3.8, 4) is 0 Å². The minimum atomic E-state index is -0.375. The number of carbonyl (C=O) groups excluding carboxylic acids is 1. The van der Waals surface area contributed by atoms with Crippen LogP contribution in [0.25, 0.3) is 6.08 Å². The van der Waals surface area contributed by atoms with Crippen molar-refractivity contribution in [2.75, 3.05) is 0 Å². The van der Waals surface area contributed by atoms with Crippen LogP contribution in [0.1, 0.15) is 52.5 Å². The van der Waals surface area contributed by atoms with Gasteiger partial charge < -0.3 is 9.84 Å². The summed E-state index contributed by atoms with van der Waals surface area (Å²) in [6.07, 6.45) is 7.53. The molecule has 1 aromatic carbocycles. The third-order valence-corrected chi connectivity index (χ3v) is 6.71. The molecule has 1 saturated carbocycles. The SMILES string of the molecule is CC1=CC[C@@H](O)[C@]2(C)CC[C@@H](C(C)C)[C@@H](OC(=O)C=Cc3ccccc3)[C@@H]12. The summed E-state index contributed by atoms with van der Waals surface area (Å²) in [6, 6.07) is 9.77. The van der Waals surface area contributed by atoms with Crippen molar-refractivity contribution in [3.63, 3.8) is 0 Å². The van der Waals surface area contributed by atoms with E-state index in [2.05, 4.69) is 33.8 Å². The minimum absolute atomic E-state index is 0.0801. The molecule has 27 heavy (non-hydrogen) atoms. The van der Waals surface area contributed by atoms with Gasteiger partial charge in [0.1, 0.15) is 6.10 Å². The van der Waals surface area contributed by atoms with Gasteiger partial charge in [0, 0.05) is 17.4 Å². The van der Waals surface area contributed by atoms with Crippen molar-refractivity contribution in [2.45, 2.75) is 59.2 Å². The number of hydrogen-bond acceptors (Lipinski definition) is 3. The summed E-state index contributed by atoms with van der Waals surface area (Å²) in [5, 5.41) is 10.7. The van der Waals surface area contributed by atoms with Gasteiger partial charge in [0.25, 0.3) is 0 Å². The Morgan fingerprint density at radius 1 is 1.30 bits per heavy atom. The molecule has 3 rings (SSSR count). The van der Waals surface area contributed by atoms with Gasteiger partial charge in [-0.15, -0.1) is 0 Å². The number of hydrogen-bond donors (Lipinski definition) is 1. The van der Waals surface area contributed by atoms with Crippen LogP contribution in [0, 0.1) is 23.2 Å². The van der Waals surface area contributed by atoms with E-state index < -0.39 is 0 Å². The van der Waals surface area contributed by atoms with Crippen LogP contribution in [0.15, 0.2) is 48.1 Å². The van der Waals surface area contributed by atoms with E-state index in [-0.39, 0.29) is 29.5 Å². The predicted molar refractivity (Wildman–Crippen MR) is 109 cm³/mol. The number of aliphatic hydroxyl groups excluding tert-OH is 1. The molecule has 1 fully saturated rings. The number of aliphatic hydroxyl groups is 1. The first-order valence-corrected chi connectivity index (χ1v) is 10.1. The lowest BCUT2D eigenvalue weighted by Crippen LogP contribution is -2.55. The molecule has 0 radical (unpaired) electrons. The molecule has 2 aliphatic carbocycles. The van der Waals surface area contributed by atoms with E-state index in [1.54, 1.807) is 6.08 Å². The van der Waals surface area contributed by atoms with E-state index in [0.717, 1.165) is 18.4 Å². The second kappa shape index (κ2) is 8.02. The molecule has 3 heteroatoms. The van der Waals surface area contributed by atoms with E-state index in [1.165, 1.54) is 11.6 Å². The first-order chi connectivity index (χ1) is 12.8. The highest BCUT2D eigenvalue weighted by Gasteiger charge is 2.53. The lowest BCUT2D eigenvalue weighted by molar-refractivity contribution is -0.166. The van der Waals surface area contributed by atoms with Crippen LogP contribution in [-0.4, -0.2) is 23.3 Å². The smallest absolute Gasteiger partial charge is 0.331 e. The van der Waals surface area contributed by atoms with Crippen LogP contribution in [0.3, 0.4) is 0 Å². The maximum atomic E-state index is 12.6. The molecule has 0 amide bonds. The van der Waals surface area contributed by atoms with Gasteiger partial charge in [0.15, 0.2) is 0 Å². The Hall–Kier alpha value is -1.87. The molecular weight excluding hydrogens is 336 g/mol. The number of ether oxygens (including phenoxy) is 1. The van der Waals surface area contributed by atoms with Gasteiger partial charge in [-0.1, -0.05) is 62.8 Å². The van der Waals surface area contributed by atoms with Gasteiger partial charge in [-0.3, -0.25) is 0 Å². The molecule has 0 saturated heterocycles. The molecule has 0 heterocycles. The molecule has 0 bridgehead atoms. The molecule has 3 nitrogen and oxygen atoms in total. The van der Waals surface area contributed by atoms with Crippen molar-refractivity contribution < 1.29 is 14.6 Å². The molecule has 0 spiro atoms. The van der Waals surface area contributed by atoms with Crippen LogP contribution >= 0.6 is 0 Å². The fourth-order valence-corrected chi connectivity index (χ4v) is 5.04. The Labute approximate surface area is 163 Å². The fourth-order valence-electron chi connectivity index (χ4n) is 5.04. The lowest BCUT2D eigenvalue weighted by atomic mass is 9.54. The predicted octanol–water partition coefficient (Wildman–Crippen LogP) is 5.01. The molecule has 0 aliphatic heterocycles. The lowest BCUT2D eigenvalue weighted by Gasteiger charge is -2.54. The molecule has 0 unspecified atom stereocenters. The summed E-state index contributed by atoms with van der Waals surface area (Å²) in [5.74, 6) is 0.520. The largest absolute Gasteiger partial charge is 0.458 e. The van der Waals surface area contributed by atoms with Gasteiger partial charge in [0.05, 0.1) is 6.10 Å². The summed E-state index contributed by atoms with van der Waals surface area (Å²) >= 11 is 0. The quantitative estimate of drug-likeness (QED) is 0.461. The van der Waals surface area contributed by atoms with E-state index in [1.807, 2.05) is 30.3 Å². The van der Waals surface area contributed by atoms with E-state index in [9.17, 15) is 9.90 Å². The second-order valence-electron chi connectivity index (χ2n) is 8.78. The molecule has 5 atom stereocenters. The maximum Gasteiger partial charge on any atom is 0.331 e. The van der Waals surface area contributed by atoms with Crippen LogP contribution < -0.4 is 0 Å². The second-order valence-corrected chi connectivity index (χ2v) is 8.78. The van der Waals surface area contributed by atoms with Gasteiger partial charge >= 0.3 is 5.97 Å². The number of fused-ring (bicyclic) bond motifs is 1. The Kier molecular flexibility index (Phi) is 5.90. The normalized spacial score (nSPS) is 33.6. The van der Waals surface area contributed by atoms with Gasteiger partial charge in [-0.2, -0.15) is 0 Å². The molecule has 146 valence electrons. The van der Waals surface area contributed by atoms with Crippen LogP contribution in [-0.2, 0) is 9.53 Å². The summed E-state index contributed by atoms with van der Waals surface area (Å²) in [5.41, 5.74) is 2.00. The highest BCUT2D eigenvalue weighted by molar-refractivity contribution is 5.87. The zero-order valence-electron chi connectivity index (χ0n) is 16.9. The topological polar surface area (TPSA) is 46.5 Å². The van der Waals surface area contributed by atoms with E-state index >= 15 is 0 Å². The van der Waals surface area contributed by atoms with Crippen molar-refractivity contribution in [1.82, 2.24) is 0 Å². The molecular formula is C24H32O3. The summed E-state index contributed by atoms with van der Waals surface area (Å²) in [6.45, 7) is 8.69. The molecule has 2 aliphatic rings. The van der Waals surface area contributed by atoms with Crippen molar-refractivity contribution >= 4 is 12.0 Å². The highest BCUT2D eigenvalue weighted by atomic mass is 16.5. The zero-order chi connectivity index (χ0) is 19.6. The zero-order valence-corrected chi connectivity index (χ0v) is 16.9. The molecule has 1 aromatic rings. The summed E-state index contributed by atoms with van der Waals surface area (Å²) in [7, 11) is 0. The average Bonchev–Trinajstić information content (AvgIpc) is 2.64. The summed E-state index contributed by atoms with van der Waals surface area (Å²) in [4.78, 5) is 12.6. The van der Waals surface area contributed by atoms with Crippen LogP contribution in [0.4, 0.5) is 0 Å². The molecule has 0 aromatic heterocycles. The maximum absolute atomic E-state index is 12.6. The highest BCUT2D eigenvalue weighted by Crippen LogP contribution is 2.54. The first-order valence-electron chi connectivity index (χ1n) is 10.1. The van der Waals surface area contributed by atoms with Crippen molar-refractivity contribution in [3.05, 3.63) is 53.6 Å². The third-order valence-electron chi connectivity index (χ3n) is 6.71. The third kappa shape index (κ3) is 4.03. The first kappa shape index (κ1) is 19.9. The van der Waals surface area contributed by atoms with Gasteiger partial charge in [0.2, 0.25) is 0 Å². The van der Waals surface area contributed by atoms with Crippen LogP contribution in [0.5, 0.6) is 0 Å². The van der Waals surface area contributed by atoms with E-state index in [0.29, 0.717) is 18.3 Å². The summed E-state index contributed by atoms with van der Waals surface area (Å²) < 4.78 is 6.06. The van der Waals surface area contributed by atoms with Crippen LogP contribution in [0.2, 0.25) is 0 Å². The van der Waals surface area contributed by atoms with Crippen molar-refractivity contribution in [1.29, 1.82) is 0 Å². The number of esters is 1. The number of carbonyl (C=O) groups is 1. The van der Waals surface area contributed by atoms with E-state index in [4.69, 9.17) is 4.74 Å². The standard InChI is InChI=1S/C24H32O3/c1-16(2)19-14-15-24(4)20(25)12-10-17(3)22(24)23(19)27-21(26)13-11-18-8-6-5-7-9-18/h5-11,13,16,19-20,22-23,25H,12,14-15H2,1-4H3/t19-,20+,22+,23+,24-/m0/s1.